The zero-order valence-electron chi connectivity index (χ0n) is 10.2. The van der Waals surface area contributed by atoms with Crippen LogP contribution in [0.1, 0.15) is 29.0 Å². The monoisotopic (exact) mass is 266 g/mol. The number of allylic oxidation sites excluding steroid dienone is 2. The van der Waals surface area contributed by atoms with Crippen molar-refractivity contribution in [2.45, 2.75) is 32.0 Å². The molecule has 18 heavy (non-hydrogen) atoms. The summed E-state index contributed by atoms with van der Waals surface area (Å²) in [7, 11) is 0. The average Bonchev–Trinajstić information content (AvgIpc) is 2.82. The van der Waals surface area contributed by atoms with Crippen LogP contribution >= 0.6 is 11.3 Å². The van der Waals surface area contributed by atoms with E-state index in [1.807, 2.05) is 18.2 Å². The Kier molecular flexibility index (Phi) is 7.38. The van der Waals surface area contributed by atoms with Crippen molar-refractivity contribution in [2.75, 3.05) is 6.61 Å². The van der Waals surface area contributed by atoms with Crippen LogP contribution in [0.5, 0.6) is 0 Å². The Hall–Kier alpha value is -1.12. The fourth-order valence-corrected chi connectivity index (χ4v) is 2.10. The lowest BCUT2D eigenvalue weighted by Gasteiger charge is -2.04. The molecule has 0 radical (unpaired) electrons. The van der Waals surface area contributed by atoms with Crippen molar-refractivity contribution in [3.63, 3.8) is 0 Å². The van der Waals surface area contributed by atoms with Crippen LogP contribution < -0.4 is 0 Å². The van der Waals surface area contributed by atoms with Gasteiger partial charge in [-0.15, -0.1) is 11.3 Å². The Balaban J connectivity index is 2.28. The quantitative estimate of drug-likeness (QED) is 0.686. The minimum absolute atomic E-state index is 0.0241. The molecule has 1 unspecified atom stereocenters. The zero-order valence-corrected chi connectivity index (χ0v) is 11.0. The first-order valence-corrected chi connectivity index (χ1v) is 6.73. The second-order valence-electron chi connectivity index (χ2n) is 3.84. The first-order valence-electron chi connectivity index (χ1n) is 5.91. The van der Waals surface area contributed by atoms with Crippen LogP contribution in [0.4, 0.5) is 0 Å². The predicted octanol–water partition coefficient (Wildman–Crippen LogP) is 1.67. The Morgan fingerprint density at radius 1 is 1.28 bits per heavy atom. The van der Waals surface area contributed by atoms with Crippen LogP contribution in [0.3, 0.4) is 0 Å². The molecule has 0 aliphatic carbocycles. The fourth-order valence-electron chi connectivity index (χ4n) is 1.37. The Morgan fingerprint density at radius 2 is 2.11 bits per heavy atom. The van der Waals surface area contributed by atoms with E-state index in [0.29, 0.717) is 12.8 Å². The van der Waals surface area contributed by atoms with E-state index in [1.54, 1.807) is 6.08 Å². The average molecular weight is 266 g/mol. The van der Waals surface area contributed by atoms with Crippen LogP contribution in [-0.2, 0) is 6.61 Å². The van der Waals surface area contributed by atoms with Gasteiger partial charge in [0, 0.05) is 11.5 Å². The predicted molar refractivity (Wildman–Crippen MR) is 73.2 cm³/mol. The maximum Gasteiger partial charge on any atom is 0.0775 e. The van der Waals surface area contributed by atoms with Gasteiger partial charge >= 0.3 is 0 Å². The molecule has 1 aromatic heterocycles. The number of thiophene rings is 1. The molecule has 0 saturated carbocycles. The zero-order chi connectivity index (χ0) is 13.2. The van der Waals surface area contributed by atoms with Crippen molar-refractivity contribution >= 4 is 11.3 Å². The normalized spacial score (nSPS) is 12.4. The molecule has 0 fully saturated rings. The number of rotatable bonds is 6. The van der Waals surface area contributed by atoms with Crippen molar-refractivity contribution in [3.05, 3.63) is 34.0 Å². The summed E-state index contributed by atoms with van der Waals surface area (Å²) in [6.07, 6.45) is 5.07. The SMILES string of the molecule is OCCC(O)CC/C=C\C#Cc1ccc(CO)s1. The number of hydrogen-bond donors (Lipinski definition) is 3. The van der Waals surface area contributed by atoms with Gasteiger partial charge in [0.2, 0.25) is 0 Å². The molecule has 98 valence electrons. The van der Waals surface area contributed by atoms with Gasteiger partial charge < -0.3 is 15.3 Å². The second-order valence-corrected chi connectivity index (χ2v) is 5.01. The highest BCUT2D eigenvalue weighted by Gasteiger charge is 1.99. The summed E-state index contributed by atoms with van der Waals surface area (Å²) in [6, 6.07) is 3.76. The second kappa shape index (κ2) is 8.90. The maximum absolute atomic E-state index is 9.36. The third-order valence-corrected chi connectivity index (χ3v) is 3.33. The van der Waals surface area contributed by atoms with E-state index < -0.39 is 6.10 Å². The van der Waals surface area contributed by atoms with Crippen LogP contribution in [0.25, 0.3) is 0 Å². The fraction of sp³-hybridized carbons (Fsp3) is 0.429. The summed E-state index contributed by atoms with van der Waals surface area (Å²) >= 11 is 1.48. The number of aliphatic hydroxyl groups is 3. The van der Waals surface area contributed by atoms with Gasteiger partial charge in [0.1, 0.15) is 0 Å². The highest BCUT2D eigenvalue weighted by molar-refractivity contribution is 7.12. The van der Waals surface area contributed by atoms with Crippen molar-refractivity contribution in [2.24, 2.45) is 0 Å². The summed E-state index contributed by atoms with van der Waals surface area (Å²) in [5.41, 5.74) is 0. The van der Waals surface area contributed by atoms with Crippen molar-refractivity contribution in [1.82, 2.24) is 0 Å². The lowest BCUT2D eigenvalue weighted by Crippen LogP contribution is -2.07. The molecule has 1 heterocycles. The van der Waals surface area contributed by atoms with Crippen LogP contribution in [0, 0.1) is 11.8 Å². The first-order chi connectivity index (χ1) is 8.76. The summed E-state index contributed by atoms with van der Waals surface area (Å²) in [5.74, 6) is 5.89. The molecular weight excluding hydrogens is 248 g/mol. The molecule has 1 rings (SSSR count). The van der Waals surface area contributed by atoms with E-state index >= 15 is 0 Å². The maximum atomic E-state index is 9.36. The van der Waals surface area contributed by atoms with Crippen LogP contribution in [0.2, 0.25) is 0 Å². The summed E-state index contributed by atoms with van der Waals surface area (Å²) in [6.45, 7) is 0.0845. The number of aliphatic hydroxyl groups excluding tert-OH is 3. The molecule has 0 amide bonds. The molecule has 0 saturated heterocycles. The Bertz CT molecular complexity index is 426. The molecule has 1 atom stereocenters. The van der Waals surface area contributed by atoms with Crippen molar-refractivity contribution < 1.29 is 15.3 Å². The molecular formula is C14H18O3S. The largest absolute Gasteiger partial charge is 0.396 e. The highest BCUT2D eigenvalue weighted by Crippen LogP contribution is 2.14. The summed E-state index contributed by atoms with van der Waals surface area (Å²) < 4.78 is 0. The van der Waals surface area contributed by atoms with Crippen molar-refractivity contribution in [3.8, 4) is 11.8 Å². The lowest BCUT2D eigenvalue weighted by molar-refractivity contribution is 0.126. The standard InChI is InChI=1S/C14H18O3S/c15-10-9-12(17)5-3-1-2-4-6-13-7-8-14(11-16)18-13/h1-2,7-8,12,15-17H,3,5,9-11H2/b2-1-. The Labute approximate surface area is 111 Å². The van der Waals surface area contributed by atoms with E-state index in [-0.39, 0.29) is 13.2 Å². The van der Waals surface area contributed by atoms with Gasteiger partial charge in [0.15, 0.2) is 0 Å². The van der Waals surface area contributed by atoms with E-state index in [0.717, 1.165) is 16.2 Å². The number of hydrogen-bond acceptors (Lipinski definition) is 4. The minimum Gasteiger partial charge on any atom is -0.396 e. The van der Waals surface area contributed by atoms with Gasteiger partial charge in [0.25, 0.3) is 0 Å². The molecule has 3 N–H and O–H groups in total. The third kappa shape index (κ3) is 5.99. The molecule has 0 aliphatic rings. The topological polar surface area (TPSA) is 60.7 Å². The van der Waals surface area contributed by atoms with Gasteiger partial charge in [-0.2, -0.15) is 0 Å². The first kappa shape index (κ1) is 14.9. The lowest BCUT2D eigenvalue weighted by atomic mass is 10.1. The third-order valence-electron chi connectivity index (χ3n) is 2.34. The Morgan fingerprint density at radius 3 is 2.78 bits per heavy atom. The van der Waals surface area contributed by atoms with Gasteiger partial charge in [-0.1, -0.05) is 17.9 Å². The summed E-state index contributed by atoms with van der Waals surface area (Å²) in [4.78, 5) is 1.85. The van der Waals surface area contributed by atoms with Crippen LogP contribution in [-0.4, -0.2) is 28.0 Å². The molecule has 3 nitrogen and oxygen atoms in total. The molecule has 1 aromatic rings. The van der Waals surface area contributed by atoms with Crippen LogP contribution in [0.15, 0.2) is 24.3 Å². The van der Waals surface area contributed by atoms with Gasteiger partial charge in [-0.05, 0) is 37.5 Å². The van der Waals surface area contributed by atoms with Gasteiger partial charge in [0.05, 0.1) is 17.6 Å². The molecule has 0 aliphatic heterocycles. The highest BCUT2D eigenvalue weighted by atomic mass is 32.1. The van der Waals surface area contributed by atoms with Gasteiger partial charge in [-0.3, -0.25) is 0 Å². The van der Waals surface area contributed by atoms with Crippen molar-refractivity contribution in [1.29, 1.82) is 0 Å². The van der Waals surface area contributed by atoms with E-state index in [1.165, 1.54) is 11.3 Å². The molecule has 0 aromatic carbocycles. The molecule has 0 bridgehead atoms. The van der Waals surface area contributed by atoms with E-state index in [2.05, 4.69) is 11.8 Å². The van der Waals surface area contributed by atoms with E-state index in [9.17, 15) is 5.11 Å². The molecule has 0 spiro atoms. The minimum atomic E-state index is -0.433. The van der Waals surface area contributed by atoms with Gasteiger partial charge in [-0.25, -0.2) is 0 Å². The molecule has 4 heteroatoms. The summed E-state index contributed by atoms with van der Waals surface area (Å²) in [5, 5.41) is 26.9. The smallest absolute Gasteiger partial charge is 0.0775 e. The van der Waals surface area contributed by atoms with E-state index in [4.69, 9.17) is 10.2 Å².